The maximum absolute atomic E-state index is 12.3. The third-order valence-electron chi connectivity index (χ3n) is 6.20. The average Bonchev–Trinajstić information content (AvgIpc) is 2.66. The molecule has 2 aliphatic rings. The maximum atomic E-state index is 12.3. The lowest BCUT2D eigenvalue weighted by atomic mass is 9.69. The van der Waals surface area contributed by atoms with Crippen LogP contribution in [0.2, 0.25) is 0 Å². The lowest BCUT2D eigenvalue weighted by Gasteiger charge is -2.39. The van der Waals surface area contributed by atoms with Gasteiger partial charge in [0.05, 0.1) is 0 Å². The summed E-state index contributed by atoms with van der Waals surface area (Å²) in [7, 11) is 0. The molecule has 2 aliphatic carbocycles. The molecule has 0 radical (unpaired) electrons. The van der Waals surface area contributed by atoms with E-state index in [0.29, 0.717) is 11.3 Å². The van der Waals surface area contributed by atoms with Crippen molar-refractivity contribution < 1.29 is 13.9 Å². The van der Waals surface area contributed by atoms with Gasteiger partial charge in [-0.1, -0.05) is 25.7 Å². The highest BCUT2D eigenvalue weighted by Gasteiger charge is 2.32. The van der Waals surface area contributed by atoms with Crippen molar-refractivity contribution in [3.8, 4) is 5.75 Å². The van der Waals surface area contributed by atoms with Gasteiger partial charge < -0.3 is 14.5 Å². The van der Waals surface area contributed by atoms with Crippen LogP contribution < -0.4 is 15.7 Å². The third kappa shape index (κ3) is 4.18. The van der Waals surface area contributed by atoms with Crippen molar-refractivity contribution in [1.29, 1.82) is 0 Å². The van der Waals surface area contributed by atoms with Gasteiger partial charge in [0, 0.05) is 23.6 Å². The zero-order chi connectivity index (χ0) is 18.8. The third-order valence-corrected chi connectivity index (χ3v) is 6.20. The molecule has 0 bridgehead atoms. The maximum Gasteiger partial charge on any atom is 0.336 e. The fourth-order valence-corrected chi connectivity index (χ4v) is 4.82. The Morgan fingerprint density at radius 3 is 2.81 bits per heavy atom. The molecular weight excluding hydrogens is 342 g/mol. The largest absolute Gasteiger partial charge is 0.484 e. The molecule has 1 heterocycles. The van der Waals surface area contributed by atoms with Crippen LogP contribution in [-0.2, 0) is 4.79 Å². The molecule has 2 aromatic rings. The summed E-state index contributed by atoms with van der Waals surface area (Å²) in [5.41, 5.74) is 0.964. The number of carbonyl (C=O) groups is 1. The normalized spacial score (nSPS) is 25.0. The first-order valence-electron chi connectivity index (χ1n) is 10.0. The van der Waals surface area contributed by atoms with Gasteiger partial charge in [0.2, 0.25) is 0 Å². The summed E-state index contributed by atoms with van der Waals surface area (Å²) < 4.78 is 10.9. The molecule has 0 spiro atoms. The van der Waals surface area contributed by atoms with Gasteiger partial charge in [0.1, 0.15) is 11.3 Å². The summed E-state index contributed by atoms with van der Waals surface area (Å²) in [6.07, 6.45) is 8.81. The number of amides is 1. The summed E-state index contributed by atoms with van der Waals surface area (Å²) in [4.78, 5) is 23.8. The molecule has 1 amide bonds. The SMILES string of the molecule is Cc1cc(=O)oc2cc(OCC(=O)N[C@@H]3CC[C@@H]4CCCC[C@H]4C3)ccc12. The minimum absolute atomic E-state index is 0.0217. The Bertz CT molecular complexity index is 888. The van der Waals surface area contributed by atoms with E-state index in [0.717, 1.165) is 35.6 Å². The monoisotopic (exact) mass is 369 g/mol. The molecule has 4 rings (SSSR count). The predicted molar refractivity (Wildman–Crippen MR) is 104 cm³/mol. The highest BCUT2D eigenvalue weighted by Crippen LogP contribution is 2.40. The van der Waals surface area contributed by atoms with E-state index in [1.165, 1.54) is 38.2 Å². The fraction of sp³-hybridized carbons (Fsp3) is 0.545. The van der Waals surface area contributed by atoms with Crippen molar-refractivity contribution in [2.24, 2.45) is 11.8 Å². The minimum Gasteiger partial charge on any atom is -0.484 e. The Kier molecular flexibility index (Phi) is 5.19. The van der Waals surface area contributed by atoms with E-state index in [9.17, 15) is 9.59 Å². The van der Waals surface area contributed by atoms with Crippen LogP contribution in [0, 0.1) is 18.8 Å². The summed E-state index contributed by atoms with van der Waals surface area (Å²) in [6.45, 7) is 1.85. The average molecular weight is 369 g/mol. The fourth-order valence-electron chi connectivity index (χ4n) is 4.82. The molecule has 2 fully saturated rings. The van der Waals surface area contributed by atoms with Gasteiger partial charge >= 0.3 is 5.63 Å². The standard InChI is InChI=1S/C22H27NO4/c1-14-10-22(25)27-20-12-18(8-9-19(14)20)26-13-21(24)23-17-7-6-15-4-2-3-5-16(15)11-17/h8-10,12,15-17H,2-7,11,13H2,1H3,(H,23,24)/t15-,16-,17+/m0/s1. The molecule has 27 heavy (non-hydrogen) atoms. The van der Waals surface area contributed by atoms with Crippen molar-refractivity contribution in [3.63, 3.8) is 0 Å². The first-order valence-corrected chi connectivity index (χ1v) is 10.0. The van der Waals surface area contributed by atoms with Gasteiger partial charge in [-0.3, -0.25) is 4.79 Å². The Balaban J connectivity index is 1.32. The van der Waals surface area contributed by atoms with Crippen LogP contribution in [0.5, 0.6) is 5.75 Å². The van der Waals surface area contributed by atoms with Crippen LogP contribution in [0.4, 0.5) is 0 Å². The van der Waals surface area contributed by atoms with Crippen LogP contribution in [-0.4, -0.2) is 18.6 Å². The summed E-state index contributed by atoms with van der Waals surface area (Å²) in [6, 6.07) is 7.07. The molecule has 1 aromatic heterocycles. The number of nitrogens with one attached hydrogen (secondary N) is 1. The Labute approximate surface area is 159 Å². The van der Waals surface area contributed by atoms with E-state index in [1.54, 1.807) is 12.1 Å². The van der Waals surface area contributed by atoms with E-state index < -0.39 is 0 Å². The number of fused-ring (bicyclic) bond motifs is 2. The lowest BCUT2D eigenvalue weighted by molar-refractivity contribution is -0.124. The van der Waals surface area contributed by atoms with Crippen LogP contribution in [0.3, 0.4) is 0 Å². The molecule has 2 saturated carbocycles. The summed E-state index contributed by atoms with van der Waals surface area (Å²) in [5.74, 6) is 2.10. The molecule has 144 valence electrons. The molecule has 5 nitrogen and oxygen atoms in total. The van der Waals surface area contributed by atoms with Gasteiger partial charge in [-0.2, -0.15) is 0 Å². The number of hydrogen-bond donors (Lipinski definition) is 1. The van der Waals surface area contributed by atoms with Gasteiger partial charge in [0.25, 0.3) is 5.91 Å². The molecular formula is C22H27NO4. The molecule has 0 saturated heterocycles. The number of carbonyl (C=O) groups excluding carboxylic acids is 1. The van der Waals surface area contributed by atoms with Crippen molar-refractivity contribution >= 4 is 16.9 Å². The number of benzene rings is 1. The molecule has 3 atom stereocenters. The van der Waals surface area contributed by atoms with E-state index in [2.05, 4.69) is 5.32 Å². The van der Waals surface area contributed by atoms with Crippen LogP contribution in [0.25, 0.3) is 11.0 Å². The quantitative estimate of drug-likeness (QED) is 0.829. The smallest absolute Gasteiger partial charge is 0.336 e. The summed E-state index contributed by atoms with van der Waals surface area (Å²) >= 11 is 0. The minimum atomic E-state index is -0.381. The zero-order valence-electron chi connectivity index (χ0n) is 15.8. The number of rotatable bonds is 4. The van der Waals surface area contributed by atoms with Crippen LogP contribution >= 0.6 is 0 Å². The van der Waals surface area contributed by atoms with Gasteiger partial charge in [0.15, 0.2) is 6.61 Å². The number of aryl methyl sites for hydroxylation is 1. The Hall–Kier alpha value is -2.30. The second kappa shape index (κ2) is 7.75. The van der Waals surface area contributed by atoms with E-state index in [4.69, 9.17) is 9.15 Å². The van der Waals surface area contributed by atoms with E-state index >= 15 is 0 Å². The predicted octanol–water partition coefficient (Wildman–Crippen LogP) is 3.96. The Morgan fingerprint density at radius 2 is 1.96 bits per heavy atom. The molecule has 1 N–H and O–H groups in total. The molecule has 1 aromatic carbocycles. The number of ether oxygens (including phenoxy) is 1. The lowest BCUT2D eigenvalue weighted by Crippen LogP contribution is -2.43. The van der Waals surface area contributed by atoms with Gasteiger partial charge in [-0.25, -0.2) is 4.79 Å². The second-order valence-electron chi connectivity index (χ2n) is 8.08. The Morgan fingerprint density at radius 1 is 1.15 bits per heavy atom. The second-order valence-corrected chi connectivity index (χ2v) is 8.08. The molecule has 0 aliphatic heterocycles. The zero-order valence-corrected chi connectivity index (χ0v) is 15.8. The highest BCUT2D eigenvalue weighted by molar-refractivity contribution is 5.81. The van der Waals surface area contributed by atoms with Crippen molar-refractivity contribution in [1.82, 2.24) is 5.32 Å². The van der Waals surface area contributed by atoms with Gasteiger partial charge in [-0.15, -0.1) is 0 Å². The van der Waals surface area contributed by atoms with Crippen molar-refractivity contribution in [2.45, 2.75) is 57.9 Å². The molecule has 5 heteroatoms. The van der Waals surface area contributed by atoms with Crippen LogP contribution in [0.1, 0.15) is 50.5 Å². The molecule has 0 unspecified atom stereocenters. The van der Waals surface area contributed by atoms with Gasteiger partial charge in [-0.05, 0) is 55.7 Å². The van der Waals surface area contributed by atoms with Crippen molar-refractivity contribution in [3.05, 3.63) is 40.2 Å². The first-order chi connectivity index (χ1) is 13.1. The first kappa shape index (κ1) is 18.1. The highest BCUT2D eigenvalue weighted by atomic mass is 16.5. The van der Waals surface area contributed by atoms with Crippen molar-refractivity contribution in [2.75, 3.05) is 6.61 Å². The van der Waals surface area contributed by atoms with E-state index in [1.807, 2.05) is 13.0 Å². The number of hydrogen-bond acceptors (Lipinski definition) is 4. The van der Waals surface area contributed by atoms with Crippen LogP contribution in [0.15, 0.2) is 33.5 Å². The summed E-state index contributed by atoms with van der Waals surface area (Å²) in [5, 5.41) is 4.01. The topological polar surface area (TPSA) is 68.5 Å². The van der Waals surface area contributed by atoms with E-state index in [-0.39, 0.29) is 24.2 Å².